The molecule has 0 spiro atoms. The first-order valence-corrected chi connectivity index (χ1v) is 6.01. The van der Waals surface area contributed by atoms with Gasteiger partial charge in [0.15, 0.2) is 0 Å². The van der Waals surface area contributed by atoms with Gasteiger partial charge in [-0.25, -0.2) is 0 Å². The van der Waals surface area contributed by atoms with Crippen molar-refractivity contribution in [2.75, 3.05) is 13.2 Å². The molecule has 0 radical (unpaired) electrons. The van der Waals surface area contributed by atoms with Gasteiger partial charge in [-0.15, -0.1) is 0 Å². The molecule has 0 amide bonds. The van der Waals surface area contributed by atoms with Crippen LogP contribution in [0, 0.1) is 6.92 Å². The summed E-state index contributed by atoms with van der Waals surface area (Å²) in [6.07, 6.45) is 1.10. The van der Waals surface area contributed by atoms with E-state index < -0.39 is 0 Å². The monoisotopic (exact) mass is 219 g/mol. The fourth-order valence-corrected chi connectivity index (χ4v) is 2.33. The van der Waals surface area contributed by atoms with Crippen LogP contribution in [0.25, 0.3) is 0 Å². The summed E-state index contributed by atoms with van der Waals surface area (Å²) in [5, 5.41) is 3.67. The van der Waals surface area contributed by atoms with Crippen molar-refractivity contribution in [2.24, 2.45) is 0 Å². The van der Waals surface area contributed by atoms with Gasteiger partial charge >= 0.3 is 0 Å². The van der Waals surface area contributed by atoms with Crippen LogP contribution < -0.4 is 5.32 Å². The Morgan fingerprint density at radius 3 is 2.88 bits per heavy atom. The molecule has 1 N–H and O–H groups in total. The molecule has 1 heterocycles. The van der Waals surface area contributed by atoms with E-state index in [-0.39, 0.29) is 5.54 Å². The predicted octanol–water partition coefficient (Wildman–Crippen LogP) is 2.82. The molecule has 2 atom stereocenters. The average Bonchev–Trinajstić information content (AvgIpc) is 2.65. The number of nitrogens with one attached hydrogen (secondary N) is 1. The summed E-state index contributed by atoms with van der Waals surface area (Å²) in [4.78, 5) is 0. The molecule has 1 aromatic carbocycles. The second-order valence-corrected chi connectivity index (χ2v) is 5.14. The maximum Gasteiger partial charge on any atom is 0.0646 e. The normalized spacial score (nSPS) is 26.9. The van der Waals surface area contributed by atoms with Crippen LogP contribution in [0.2, 0.25) is 0 Å². The zero-order valence-electron chi connectivity index (χ0n) is 10.4. The lowest BCUT2D eigenvalue weighted by Gasteiger charge is -2.28. The van der Waals surface area contributed by atoms with Crippen molar-refractivity contribution in [1.82, 2.24) is 5.32 Å². The van der Waals surface area contributed by atoms with Crippen LogP contribution in [0.4, 0.5) is 0 Å². The average molecular weight is 219 g/mol. The van der Waals surface area contributed by atoms with Gasteiger partial charge in [0.25, 0.3) is 0 Å². The van der Waals surface area contributed by atoms with Gasteiger partial charge < -0.3 is 10.1 Å². The first kappa shape index (κ1) is 11.6. The molecule has 16 heavy (non-hydrogen) atoms. The maximum absolute atomic E-state index is 5.46. The number of hydrogen-bond donors (Lipinski definition) is 1. The van der Waals surface area contributed by atoms with Gasteiger partial charge in [-0.1, -0.05) is 29.8 Å². The SMILES string of the molecule is Cc1cccc([C@H](C)N[C@]2(C)CCOC2)c1. The second-order valence-electron chi connectivity index (χ2n) is 5.14. The van der Waals surface area contributed by atoms with Crippen LogP contribution in [0.1, 0.15) is 37.4 Å². The lowest BCUT2D eigenvalue weighted by Crippen LogP contribution is -2.44. The molecule has 2 rings (SSSR count). The molecule has 2 heteroatoms. The van der Waals surface area contributed by atoms with E-state index in [1.165, 1.54) is 11.1 Å². The van der Waals surface area contributed by atoms with Crippen LogP contribution in [-0.4, -0.2) is 18.8 Å². The van der Waals surface area contributed by atoms with Crippen molar-refractivity contribution >= 4 is 0 Å². The lowest BCUT2D eigenvalue weighted by atomic mass is 9.97. The minimum Gasteiger partial charge on any atom is -0.379 e. The topological polar surface area (TPSA) is 21.3 Å². The molecule has 0 unspecified atom stereocenters. The highest BCUT2D eigenvalue weighted by Crippen LogP contribution is 2.23. The Bertz CT molecular complexity index is 356. The van der Waals surface area contributed by atoms with Crippen LogP contribution in [0.3, 0.4) is 0 Å². The molecule has 1 saturated heterocycles. The van der Waals surface area contributed by atoms with E-state index in [0.717, 1.165) is 19.6 Å². The number of rotatable bonds is 3. The Morgan fingerprint density at radius 2 is 2.25 bits per heavy atom. The van der Waals surface area contributed by atoms with Gasteiger partial charge in [0, 0.05) is 18.2 Å². The van der Waals surface area contributed by atoms with Crippen molar-refractivity contribution < 1.29 is 4.74 Å². The Balaban J connectivity index is 2.05. The van der Waals surface area contributed by atoms with E-state index in [4.69, 9.17) is 4.74 Å². The number of hydrogen-bond acceptors (Lipinski definition) is 2. The second kappa shape index (κ2) is 4.56. The predicted molar refractivity (Wildman–Crippen MR) is 66.6 cm³/mol. The van der Waals surface area contributed by atoms with Crippen molar-refractivity contribution in [2.45, 2.75) is 38.8 Å². The maximum atomic E-state index is 5.46. The summed E-state index contributed by atoms with van der Waals surface area (Å²) >= 11 is 0. The Morgan fingerprint density at radius 1 is 1.44 bits per heavy atom. The Kier molecular flexibility index (Phi) is 3.31. The molecule has 0 aliphatic carbocycles. The van der Waals surface area contributed by atoms with E-state index in [1.54, 1.807) is 0 Å². The van der Waals surface area contributed by atoms with Gasteiger partial charge in [0.2, 0.25) is 0 Å². The van der Waals surface area contributed by atoms with Gasteiger partial charge in [0.1, 0.15) is 0 Å². The van der Waals surface area contributed by atoms with Crippen LogP contribution in [0.5, 0.6) is 0 Å². The van der Waals surface area contributed by atoms with Crippen LogP contribution in [-0.2, 0) is 4.74 Å². The molecule has 2 nitrogen and oxygen atoms in total. The highest BCUT2D eigenvalue weighted by molar-refractivity contribution is 5.25. The van der Waals surface area contributed by atoms with Crippen LogP contribution >= 0.6 is 0 Å². The molecule has 1 aliphatic rings. The summed E-state index contributed by atoms with van der Waals surface area (Å²) in [6.45, 7) is 8.30. The molecular formula is C14H21NO. The largest absolute Gasteiger partial charge is 0.379 e. The third kappa shape index (κ3) is 2.63. The number of aryl methyl sites for hydroxylation is 1. The van der Waals surface area contributed by atoms with Gasteiger partial charge in [-0.2, -0.15) is 0 Å². The molecule has 0 saturated carbocycles. The Hall–Kier alpha value is -0.860. The zero-order chi connectivity index (χ0) is 11.6. The molecule has 1 aliphatic heterocycles. The minimum atomic E-state index is 0.142. The quantitative estimate of drug-likeness (QED) is 0.844. The van der Waals surface area contributed by atoms with Gasteiger partial charge in [-0.3, -0.25) is 0 Å². The zero-order valence-corrected chi connectivity index (χ0v) is 10.4. The molecule has 1 aromatic rings. The molecule has 0 bridgehead atoms. The molecule has 88 valence electrons. The van der Waals surface area contributed by atoms with Crippen molar-refractivity contribution in [1.29, 1.82) is 0 Å². The van der Waals surface area contributed by atoms with Gasteiger partial charge in [-0.05, 0) is 32.8 Å². The van der Waals surface area contributed by atoms with E-state index in [9.17, 15) is 0 Å². The first-order valence-electron chi connectivity index (χ1n) is 6.01. The van der Waals surface area contributed by atoms with E-state index >= 15 is 0 Å². The summed E-state index contributed by atoms with van der Waals surface area (Å²) in [5.74, 6) is 0. The summed E-state index contributed by atoms with van der Waals surface area (Å²) < 4.78 is 5.46. The fraction of sp³-hybridized carbons (Fsp3) is 0.571. The third-order valence-corrected chi connectivity index (χ3v) is 3.33. The van der Waals surface area contributed by atoms with E-state index in [2.05, 4.69) is 50.4 Å². The van der Waals surface area contributed by atoms with Crippen LogP contribution in [0.15, 0.2) is 24.3 Å². The van der Waals surface area contributed by atoms with Crippen molar-refractivity contribution in [3.8, 4) is 0 Å². The molecule has 0 aromatic heterocycles. The van der Waals surface area contributed by atoms with Gasteiger partial charge in [0.05, 0.1) is 6.61 Å². The number of benzene rings is 1. The lowest BCUT2D eigenvalue weighted by molar-refractivity contribution is 0.167. The molecular weight excluding hydrogens is 198 g/mol. The number of ether oxygens (including phenoxy) is 1. The Labute approximate surface area is 98.0 Å². The third-order valence-electron chi connectivity index (χ3n) is 3.33. The standard InChI is InChI=1S/C14H21NO/c1-11-5-4-6-13(9-11)12(2)15-14(3)7-8-16-10-14/h4-6,9,12,15H,7-8,10H2,1-3H3/t12-,14+/m0/s1. The first-order chi connectivity index (χ1) is 7.59. The fourth-order valence-electron chi connectivity index (χ4n) is 2.33. The van der Waals surface area contributed by atoms with E-state index in [0.29, 0.717) is 6.04 Å². The summed E-state index contributed by atoms with van der Waals surface area (Å²) in [5.41, 5.74) is 2.82. The minimum absolute atomic E-state index is 0.142. The highest BCUT2D eigenvalue weighted by atomic mass is 16.5. The summed E-state index contributed by atoms with van der Waals surface area (Å²) in [6, 6.07) is 9.07. The van der Waals surface area contributed by atoms with E-state index in [1.807, 2.05) is 0 Å². The molecule has 1 fully saturated rings. The van der Waals surface area contributed by atoms with Crippen molar-refractivity contribution in [3.63, 3.8) is 0 Å². The smallest absolute Gasteiger partial charge is 0.0646 e. The highest BCUT2D eigenvalue weighted by Gasteiger charge is 2.30. The summed E-state index contributed by atoms with van der Waals surface area (Å²) in [7, 11) is 0. The van der Waals surface area contributed by atoms with Crippen molar-refractivity contribution in [3.05, 3.63) is 35.4 Å².